The summed E-state index contributed by atoms with van der Waals surface area (Å²) >= 11 is 6.01. The first-order valence-corrected chi connectivity index (χ1v) is 6.27. The molecule has 0 fully saturated rings. The Morgan fingerprint density at radius 1 is 1.25 bits per heavy atom. The van der Waals surface area contributed by atoms with Gasteiger partial charge >= 0.3 is 11.9 Å². The van der Waals surface area contributed by atoms with Crippen molar-refractivity contribution >= 4 is 29.2 Å². The van der Waals surface area contributed by atoms with Gasteiger partial charge in [0.15, 0.2) is 5.75 Å². The van der Waals surface area contributed by atoms with E-state index in [0.717, 1.165) is 0 Å². The first-order chi connectivity index (χ1) is 9.47. The maximum Gasteiger partial charge on any atom is 0.340 e. The molecule has 6 nitrogen and oxygen atoms in total. The number of carbonyl (C=O) groups excluding carboxylic acids is 2. The molecular formula is C13H16ClNO5. The van der Waals surface area contributed by atoms with Gasteiger partial charge in [0.25, 0.3) is 0 Å². The fourth-order valence-corrected chi connectivity index (χ4v) is 1.86. The van der Waals surface area contributed by atoms with Crippen molar-refractivity contribution in [3.63, 3.8) is 0 Å². The molecule has 0 aliphatic heterocycles. The highest BCUT2D eigenvalue weighted by atomic mass is 35.5. The molecule has 0 aliphatic rings. The lowest BCUT2D eigenvalue weighted by atomic mass is 10.1. The molecule has 1 rings (SSSR count). The zero-order chi connectivity index (χ0) is 15.3. The Labute approximate surface area is 121 Å². The monoisotopic (exact) mass is 301 g/mol. The number of methoxy groups -OCH3 is 2. The second kappa shape index (κ2) is 7.00. The number of halogens is 1. The number of rotatable bonds is 5. The summed E-state index contributed by atoms with van der Waals surface area (Å²) < 4.78 is 14.6. The molecule has 0 amide bonds. The van der Waals surface area contributed by atoms with Crippen LogP contribution in [0.3, 0.4) is 0 Å². The summed E-state index contributed by atoms with van der Waals surface area (Å²) in [7, 11) is 2.54. The summed E-state index contributed by atoms with van der Waals surface area (Å²) in [6.07, 6.45) is 0.667. The maximum atomic E-state index is 11.9. The van der Waals surface area contributed by atoms with Crippen LogP contribution in [0.1, 0.15) is 34.1 Å². The smallest absolute Gasteiger partial charge is 0.340 e. The van der Waals surface area contributed by atoms with Crippen molar-refractivity contribution in [2.45, 2.75) is 13.3 Å². The van der Waals surface area contributed by atoms with Crippen LogP contribution in [0.4, 0.5) is 5.69 Å². The highest BCUT2D eigenvalue weighted by Crippen LogP contribution is 2.37. The van der Waals surface area contributed by atoms with Gasteiger partial charge in [-0.05, 0) is 12.5 Å². The quantitative estimate of drug-likeness (QED) is 0.663. The van der Waals surface area contributed by atoms with Crippen molar-refractivity contribution in [3.8, 4) is 5.75 Å². The van der Waals surface area contributed by atoms with E-state index in [2.05, 4.69) is 4.74 Å². The number of hydrogen-bond donors (Lipinski definition) is 1. The first-order valence-electron chi connectivity index (χ1n) is 5.89. The third-order valence-electron chi connectivity index (χ3n) is 2.53. The molecular weight excluding hydrogens is 286 g/mol. The summed E-state index contributed by atoms with van der Waals surface area (Å²) in [6, 6.07) is 1.24. The largest absolute Gasteiger partial charge is 0.493 e. The second-order valence-corrected chi connectivity index (χ2v) is 4.24. The van der Waals surface area contributed by atoms with Crippen molar-refractivity contribution in [2.24, 2.45) is 0 Å². The van der Waals surface area contributed by atoms with Crippen molar-refractivity contribution in [2.75, 3.05) is 26.6 Å². The first kappa shape index (κ1) is 16.1. The van der Waals surface area contributed by atoms with Gasteiger partial charge in [0, 0.05) is 0 Å². The van der Waals surface area contributed by atoms with Gasteiger partial charge in [-0.1, -0.05) is 18.5 Å². The van der Waals surface area contributed by atoms with Gasteiger partial charge in [-0.3, -0.25) is 0 Å². The van der Waals surface area contributed by atoms with E-state index in [1.54, 1.807) is 0 Å². The number of esters is 2. The number of nitrogen functional groups attached to an aromatic ring is 1. The van der Waals surface area contributed by atoms with Gasteiger partial charge < -0.3 is 19.9 Å². The number of carbonyl (C=O) groups is 2. The molecule has 0 spiro atoms. The summed E-state index contributed by atoms with van der Waals surface area (Å²) in [6.45, 7) is 2.11. The minimum absolute atomic E-state index is 0.0103. The lowest BCUT2D eigenvalue weighted by Gasteiger charge is -2.14. The van der Waals surface area contributed by atoms with E-state index in [4.69, 9.17) is 26.8 Å². The van der Waals surface area contributed by atoms with Crippen molar-refractivity contribution in [3.05, 3.63) is 22.2 Å². The molecule has 7 heteroatoms. The Morgan fingerprint density at radius 2 is 1.90 bits per heavy atom. The average molecular weight is 302 g/mol. The Morgan fingerprint density at radius 3 is 2.40 bits per heavy atom. The number of nitrogens with two attached hydrogens (primary N) is 1. The zero-order valence-electron chi connectivity index (χ0n) is 11.5. The van der Waals surface area contributed by atoms with Gasteiger partial charge in [0.05, 0.1) is 42.7 Å². The van der Waals surface area contributed by atoms with Crippen LogP contribution in [0.2, 0.25) is 5.02 Å². The van der Waals surface area contributed by atoms with E-state index >= 15 is 0 Å². The topological polar surface area (TPSA) is 87.9 Å². The fraction of sp³-hybridized carbons (Fsp3) is 0.385. The Hall–Kier alpha value is -1.95. The second-order valence-electron chi connectivity index (χ2n) is 3.86. The average Bonchev–Trinajstić information content (AvgIpc) is 2.44. The molecule has 0 heterocycles. The van der Waals surface area contributed by atoms with Crippen LogP contribution < -0.4 is 10.5 Å². The Balaban J connectivity index is 3.37. The number of benzene rings is 1. The summed E-state index contributed by atoms with van der Waals surface area (Å²) in [5.74, 6) is -1.31. The fourth-order valence-electron chi connectivity index (χ4n) is 1.55. The van der Waals surface area contributed by atoms with Crippen LogP contribution in [0.5, 0.6) is 5.75 Å². The number of hydrogen-bond acceptors (Lipinski definition) is 6. The van der Waals surface area contributed by atoms with Crippen LogP contribution in [0.25, 0.3) is 0 Å². The Bertz CT molecular complexity index is 530. The van der Waals surface area contributed by atoms with Crippen LogP contribution in [-0.4, -0.2) is 32.8 Å². The molecule has 0 aliphatic carbocycles. The SMILES string of the molecule is CCCOC(=O)c1cc(C(=O)OC)c(Cl)c(OC)c1N. The van der Waals surface area contributed by atoms with Crippen LogP contribution in [-0.2, 0) is 9.47 Å². The van der Waals surface area contributed by atoms with E-state index in [1.807, 2.05) is 6.92 Å². The summed E-state index contributed by atoms with van der Waals surface area (Å²) in [5, 5.41) is -0.0103. The van der Waals surface area contributed by atoms with Crippen LogP contribution in [0.15, 0.2) is 6.07 Å². The normalized spacial score (nSPS) is 10.0. The van der Waals surface area contributed by atoms with Crippen LogP contribution >= 0.6 is 11.6 Å². The molecule has 0 bridgehead atoms. The van der Waals surface area contributed by atoms with Crippen LogP contribution in [0, 0.1) is 0 Å². The molecule has 1 aromatic rings. The van der Waals surface area contributed by atoms with E-state index in [9.17, 15) is 9.59 Å². The third-order valence-corrected chi connectivity index (χ3v) is 2.90. The van der Waals surface area contributed by atoms with Crippen molar-refractivity contribution in [1.29, 1.82) is 0 Å². The summed E-state index contributed by atoms with van der Waals surface area (Å²) in [4.78, 5) is 23.6. The predicted molar refractivity (Wildman–Crippen MR) is 74.3 cm³/mol. The van der Waals surface area contributed by atoms with Gasteiger partial charge in [-0.15, -0.1) is 0 Å². The molecule has 20 heavy (non-hydrogen) atoms. The van der Waals surface area contributed by atoms with E-state index in [-0.39, 0.29) is 34.2 Å². The molecule has 110 valence electrons. The van der Waals surface area contributed by atoms with Gasteiger partial charge in [0.2, 0.25) is 0 Å². The Kier molecular flexibility index (Phi) is 5.64. The predicted octanol–water partition coefficient (Wildman–Crippen LogP) is 2.28. The van der Waals surface area contributed by atoms with Crippen molar-refractivity contribution < 1.29 is 23.8 Å². The van der Waals surface area contributed by atoms with Gasteiger partial charge in [0.1, 0.15) is 0 Å². The molecule has 1 aromatic carbocycles. The molecule has 0 saturated heterocycles. The zero-order valence-corrected chi connectivity index (χ0v) is 12.2. The highest BCUT2D eigenvalue weighted by molar-refractivity contribution is 6.36. The molecule has 0 unspecified atom stereocenters. The number of ether oxygens (including phenoxy) is 3. The molecule has 2 N–H and O–H groups in total. The molecule has 0 saturated carbocycles. The lowest BCUT2D eigenvalue weighted by molar-refractivity contribution is 0.0506. The highest BCUT2D eigenvalue weighted by Gasteiger charge is 2.24. The minimum Gasteiger partial charge on any atom is -0.493 e. The third kappa shape index (κ3) is 3.14. The lowest BCUT2D eigenvalue weighted by Crippen LogP contribution is -2.13. The van der Waals surface area contributed by atoms with E-state index in [1.165, 1.54) is 20.3 Å². The molecule has 0 aromatic heterocycles. The van der Waals surface area contributed by atoms with Gasteiger partial charge in [-0.2, -0.15) is 0 Å². The van der Waals surface area contributed by atoms with E-state index < -0.39 is 11.9 Å². The number of anilines is 1. The molecule has 0 atom stereocenters. The van der Waals surface area contributed by atoms with E-state index in [0.29, 0.717) is 6.42 Å². The molecule has 0 radical (unpaired) electrons. The maximum absolute atomic E-state index is 11.9. The summed E-state index contributed by atoms with van der Waals surface area (Å²) in [5.41, 5.74) is 5.84. The minimum atomic E-state index is -0.696. The van der Waals surface area contributed by atoms with Crippen molar-refractivity contribution in [1.82, 2.24) is 0 Å². The standard InChI is InChI=1S/C13H16ClNO5/c1-4-5-20-13(17)8-6-7(12(16)19-3)9(14)11(18-2)10(8)15/h6H,4-5,15H2,1-3H3. The van der Waals surface area contributed by atoms with Gasteiger partial charge in [-0.25, -0.2) is 9.59 Å².